The van der Waals surface area contributed by atoms with E-state index in [1.807, 2.05) is 0 Å². The first-order chi connectivity index (χ1) is 8.09. The van der Waals surface area contributed by atoms with Gasteiger partial charge in [-0.25, -0.2) is 0 Å². The van der Waals surface area contributed by atoms with Crippen LogP contribution in [0.2, 0.25) is 0 Å². The first kappa shape index (κ1) is 14.8. The van der Waals surface area contributed by atoms with Crippen molar-refractivity contribution in [3.05, 3.63) is 12.4 Å². The molecule has 1 aliphatic rings. The molecule has 0 saturated carbocycles. The lowest BCUT2D eigenvalue weighted by atomic mass is 10.4. The van der Waals surface area contributed by atoms with Gasteiger partial charge in [0.15, 0.2) is 0 Å². The molecule has 0 aliphatic carbocycles. The molecule has 0 bridgehead atoms. The highest BCUT2D eigenvalue weighted by molar-refractivity contribution is 7.85. The van der Waals surface area contributed by atoms with Crippen molar-refractivity contribution in [1.82, 2.24) is 9.80 Å². The van der Waals surface area contributed by atoms with Crippen LogP contribution in [-0.2, 0) is 14.9 Å². The summed E-state index contributed by atoms with van der Waals surface area (Å²) in [6, 6.07) is 0. The number of rotatable bonds is 4. The normalized spacial score (nSPS) is 16.4. The molecule has 0 aromatic heterocycles. The van der Waals surface area contributed by atoms with E-state index in [4.69, 9.17) is 4.55 Å². The summed E-state index contributed by atoms with van der Waals surface area (Å²) in [5.41, 5.74) is 0. The van der Waals surface area contributed by atoms with E-state index in [0.717, 1.165) is 6.20 Å². The zero-order chi connectivity index (χ0) is 14.0. The van der Waals surface area contributed by atoms with Crippen LogP contribution in [0.25, 0.3) is 0 Å². The molecule has 0 radical (unpaired) electrons. The van der Waals surface area contributed by atoms with Gasteiger partial charge in [0.05, 0.1) is 12.4 Å². The molecule has 6 nitrogen and oxygen atoms in total. The van der Waals surface area contributed by atoms with Crippen LogP contribution >= 0.6 is 0 Å². The second-order valence-electron chi connectivity index (χ2n) is 3.66. The summed E-state index contributed by atoms with van der Waals surface area (Å²) in [7, 11) is -4.08. The molecule has 0 aromatic carbocycles. The maximum absolute atomic E-state index is 12.1. The van der Waals surface area contributed by atoms with Crippen LogP contribution in [0.1, 0.15) is 6.42 Å². The molecule has 1 N–H and O–H groups in total. The minimum atomic E-state index is -4.94. The Kier molecular flexibility index (Phi) is 4.22. The van der Waals surface area contributed by atoms with E-state index in [1.54, 1.807) is 0 Å². The molecule has 1 amide bonds. The van der Waals surface area contributed by atoms with Crippen molar-refractivity contribution in [2.24, 2.45) is 0 Å². The predicted molar refractivity (Wildman–Crippen MR) is 54.6 cm³/mol. The molecule has 104 valence electrons. The topological polar surface area (TPSA) is 77.9 Å². The molecular formula is C8H11F3N2O4S. The van der Waals surface area contributed by atoms with Crippen LogP contribution in [0.4, 0.5) is 13.2 Å². The van der Waals surface area contributed by atoms with Gasteiger partial charge in [0.1, 0.15) is 0 Å². The number of hydrogen-bond acceptors (Lipinski definition) is 4. The van der Waals surface area contributed by atoms with Crippen molar-refractivity contribution < 1.29 is 30.9 Å². The van der Waals surface area contributed by atoms with Crippen LogP contribution in [0.5, 0.6) is 0 Å². The van der Waals surface area contributed by atoms with Crippen molar-refractivity contribution in [3.63, 3.8) is 0 Å². The molecule has 0 saturated heterocycles. The first-order valence-corrected chi connectivity index (χ1v) is 6.46. The fourth-order valence-corrected chi connectivity index (χ4v) is 1.85. The first-order valence-electron chi connectivity index (χ1n) is 4.85. The van der Waals surface area contributed by atoms with Crippen molar-refractivity contribution in [3.8, 4) is 0 Å². The largest absolute Gasteiger partial charge is 0.471 e. The molecule has 0 atom stereocenters. The third-order valence-electron chi connectivity index (χ3n) is 2.14. The smallest absolute Gasteiger partial charge is 0.358 e. The summed E-state index contributed by atoms with van der Waals surface area (Å²) >= 11 is 0. The number of hydrogen-bond donors (Lipinski definition) is 1. The minimum absolute atomic E-state index is 0.0528. The number of amides is 1. The molecule has 18 heavy (non-hydrogen) atoms. The molecule has 1 rings (SSSR count). The molecule has 1 aliphatic heterocycles. The highest BCUT2D eigenvalue weighted by atomic mass is 32.2. The van der Waals surface area contributed by atoms with Crippen molar-refractivity contribution in [2.45, 2.75) is 12.6 Å². The zero-order valence-corrected chi connectivity index (χ0v) is 9.91. The van der Waals surface area contributed by atoms with E-state index in [1.165, 1.54) is 11.1 Å². The van der Waals surface area contributed by atoms with Gasteiger partial charge < -0.3 is 4.90 Å². The Bertz CT molecular complexity index is 446. The van der Waals surface area contributed by atoms with Gasteiger partial charge >= 0.3 is 12.1 Å². The van der Waals surface area contributed by atoms with Crippen LogP contribution in [0.15, 0.2) is 12.4 Å². The molecule has 0 spiro atoms. The Morgan fingerprint density at radius 3 is 2.44 bits per heavy atom. The van der Waals surface area contributed by atoms with E-state index >= 15 is 0 Å². The Hall–Kier alpha value is -1.29. The van der Waals surface area contributed by atoms with E-state index in [0.29, 0.717) is 4.90 Å². The summed E-state index contributed by atoms with van der Waals surface area (Å²) in [6.45, 7) is -0.165. The SMILES string of the molecule is O=C(N1C=CN(CCCS(=O)(=O)O)C1)C(F)(F)F. The van der Waals surface area contributed by atoms with Gasteiger partial charge in [0.2, 0.25) is 0 Å². The Labute approximate surface area is 101 Å². The fourth-order valence-electron chi connectivity index (χ4n) is 1.35. The number of carbonyl (C=O) groups excluding carboxylic acids is 1. The van der Waals surface area contributed by atoms with Gasteiger partial charge in [-0.3, -0.25) is 14.2 Å². The van der Waals surface area contributed by atoms with Gasteiger partial charge in [0.25, 0.3) is 10.1 Å². The summed E-state index contributed by atoms with van der Waals surface area (Å²) in [5.74, 6) is -2.46. The molecule has 0 aromatic rings. The Morgan fingerprint density at radius 2 is 1.94 bits per heavy atom. The van der Waals surface area contributed by atoms with Gasteiger partial charge in [-0.15, -0.1) is 0 Å². The number of nitrogens with zero attached hydrogens (tertiary/aromatic N) is 2. The average Bonchev–Trinajstić information content (AvgIpc) is 2.61. The third-order valence-corrected chi connectivity index (χ3v) is 2.95. The summed E-state index contributed by atoms with van der Waals surface area (Å²) in [5, 5.41) is 0. The Balaban J connectivity index is 2.40. The molecule has 1 heterocycles. The standard InChI is InChI=1S/C8H11F3N2O4S/c9-8(10,11)7(14)13-4-3-12(6-13)2-1-5-18(15,16)17/h3-4H,1-2,5-6H2,(H,15,16,17). The molecule has 0 fully saturated rings. The average molecular weight is 288 g/mol. The Morgan fingerprint density at radius 1 is 1.33 bits per heavy atom. The third kappa shape index (κ3) is 4.53. The van der Waals surface area contributed by atoms with Gasteiger partial charge in [-0.1, -0.05) is 0 Å². The molecule has 0 unspecified atom stereocenters. The lowest BCUT2D eigenvalue weighted by Crippen LogP contribution is -2.39. The minimum Gasteiger partial charge on any atom is -0.358 e. The van der Waals surface area contributed by atoms with Crippen molar-refractivity contribution in [1.29, 1.82) is 0 Å². The summed E-state index contributed by atoms with van der Waals surface area (Å²) in [4.78, 5) is 12.7. The molecular weight excluding hydrogens is 277 g/mol. The highest BCUT2D eigenvalue weighted by Gasteiger charge is 2.43. The van der Waals surface area contributed by atoms with E-state index in [2.05, 4.69) is 0 Å². The molecule has 10 heteroatoms. The predicted octanol–water partition coefficient (Wildman–Crippen LogP) is 0.400. The fraction of sp³-hybridized carbons (Fsp3) is 0.625. The second-order valence-corrected chi connectivity index (χ2v) is 5.24. The highest BCUT2D eigenvalue weighted by Crippen LogP contribution is 2.21. The quantitative estimate of drug-likeness (QED) is 0.758. The number of halogens is 3. The lowest BCUT2D eigenvalue weighted by Gasteiger charge is -2.20. The maximum Gasteiger partial charge on any atom is 0.471 e. The maximum atomic E-state index is 12.1. The zero-order valence-electron chi connectivity index (χ0n) is 9.09. The van der Waals surface area contributed by atoms with Gasteiger partial charge in [-0.05, 0) is 6.42 Å². The van der Waals surface area contributed by atoms with Gasteiger partial charge in [0, 0.05) is 18.9 Å². The van der Waals surface area contributed by atoms with Crippen molar-refractivity contribution in [2.75, 3.05) is 19.0 Å². The van der Waals surface area contributed by atoms with Crippen LogP contribution < -0.4 is 0 Å². The summed E-state index contributed by atoms with van der Waals surface area (Å²) < 4.78 is 65.5. The number of carbonyl (C=O) groups is 1. The number of alkyl halides is 3. The monoisotopic (exact) mass is 288 g/mol. The summed E-state index contributed by atoms with van der Waals surface area (Å²) in [6.07, 6.45) is -2.65. The lowest BCUT2D eigenvalue weighted by molar-refractivity contribution is -0.183. The van der Waals surface area contributed by atoms with Crippen LogP contribution in [-0.4, -0.2) is 53.8 Å². The second kappa shape index (κ2) is 5.14. The van der Waals surface area contributed by atoms with E-state index in [-0.39, 0.29) is 19.6 Å². The van der Waals surface area contributed by atoms with E-state index < -0.39 is 28.0 Å². The van der Waals surface area contributed by atoms with Crippen LogP contribution in [0.3, 0.4) is 0 Å². The van der Waals surface area contributed by atoms with E-state index in [9.17, 15) is 26.4 Å². The van der Waals surface area contributed by atoms with Crippen molar-refractivity contribution >= 4 is 16.0 Å². The van der Waals surface area contributed by atoms with Gasteiger partial charge in [-0.2, -0.15) is 21.6 Å². The van der Waals surface area contributed by atoms with Crippen LogP contribution in [0, 0.1) is 0 Å².